The van der Waals surface area contributed by atoms with E-state index < -0.39 is 11.4 Å². The molecule has 0 aliphatic heterocycles. The first-order valence-electron chi connectivity index (χ1n) is 9.95. The van der Waals surface area contributed by atoms with Crippen LogP contribution in [-0.2, 0) is 4.79 Å². The number of ether oxygens (including phenoxy) is 1. The third kappa shape index (κ3) is 6.44. The van der Waals surface area contributed by atoms with Crippen molar-refractivity contribution in [2.75, 3.05) is 13.2 Å². The summed E-state index contributed by atoms with van der Waals surface area (Å²) in [6.45, 7) is 8.07. The van der Waals surface area contributed by atoms with Crippen LogP contribution in [0.25, 0.3) is 0 Å². The van der Waals surface area contributed by atoms with Crippen LogP contribution in [0.2, 0.25) is 0 Å². The van der Waals surface area contributed by atoms with Gasteiger partial charge in [-0.25, -0.2) is 4.79 Å². The Morgan fingerprint density at radius 2 is 1.63 bits per heavy atom. The second-order valence-electron chi connectivity index (χ2n) is 8.09. The Balaban J connectivity index is 1.79. The predicted octanol–water partition coefficient (Wildman–Crippen LogP) is 4.19. The van der Waals surface area contributed by atoms with Crippen molar-refractivity contribution < 1.29 is 24.2 Å². The van der Waals surface area contributed by atoms with Crippen molar-refractivity contribution in [3.8, 4) is 5.75 Å². The quantitative estimate of drug-likeness (QED) is 0.452. The van der Waals surface area contributed by atoms with Crippen LogP contribution in [0.4, 0.5) is 0 Å². The summed E-state index contributed by atoms with van der Waals surface area (Å²) in [5.74, 6) is -0.665. The molecule has 0 fully saturated rings. The van der Waals surface area contributed by atoms with Gasteiger partial charge in [-0.1, -0.05) is 38.1 Å². The number of ketones is 1. The van der Waals surface area contributed by atoms with Gasteiger partial charge in [0.1, 0.15) is 5.75 Å². The van der Waals surface area contributed by atoms with Gasteiger partial charge in [0, 0.05) is 11.0 Å². The van der Waals surface area contributed by atoms with Crippen molar-refractivity contribution >= 4 is 17.7 Å². The molecule has 30 heavy (non-hydrogen) atoms. The van der Waals surface area contributed by atoms with E-state index in [4.69, 9.17) is 9.84 Å². The molecule has 0 heterocycles. The zero-order chi connectivity index (χ0) is 22.3. The third-order valence-electron chi connectivity index (χ3n) is 5.03. The molecule has 0 aliphatic rings. The lowest BCUT2D eigenvalue weighted by molar-refractivity contribution is -0.129. The van der Waals surface area contributed by atoms with Gasteiger partial charge in [-0.15, -0.1) is 0 Å². The Kier molecular flexibility index (Phi) is 7.75. The van der Waals surface area contributed by atoms with Crippen molar-refractivity contribution in [1.82, 2.24) is 5.32 Å². The topological polar surface area (TPSA) is 92.7 Å². The lowest BCUT2D eigenvalue weighted by atomic mass is 9.87. The number of nitrogens with one attached hydrogen (secondary N) is 1. The summed E-state index contributed by atoms with van der Waals surface area (Å²) in [4.78, 5) is 35.7. The minimum absolute atomic E-state index is 0.111. The Hall–Kier alpha value is -3.15. The van der Waals surface area contributed by atoms with Crippen LogP contribution < -0.4 is 10.1 Å². The molecule has 0 spiro atoms. The van der Waals surface area contributed by atoms with Crippen LogP contribution in [-0.4, -0.2) is 35.9 Å². The maximum atomic E-state index is 12.5. The van der Waals surface area contributed by atoms with E-state index in [2.05, 4.69) is 5.32 Å². The van der Waals surface area contributed by atoms with E-state index in [0.29, 0.717) is 25.0 Å². The minimum atomic E-state index is -1.05. The average Bonchev–Trinajstić information content (AvgIpc) is 2.71. The molecule has 160 valence electrons. The first kappa shape index (κ1) is 23.1. The maximum Gasteiger partial charge on any atom is 0.335 e. The van der Waals surface area contributed by atoms with E-state index in [1.807, 2.05) is 45.9 Å². The van der Waals surface area contributed by atoms with Gasteiger partial charge in [0.05, 0.1) is 18.7 Å². The third-order valence-corrected chi connectivity index (χ3v) is 5.03. The molecule has 2 aromatic carbocycles. The van der Waals surface area contributed by atoms with Crippen molar-refractivity contribution in [1.29, 1.82) is 0 Å². The molecular weight excluding hydrogens is 382 g/mol. The van der Waals surface area contributed by atoms with Crippen LogP contribution >= 0.6 is 0 Å². The Bertz CT molecular complexity index is 916. The highest BCUT2D eigenvalue weighted by molar-refractivity contribution is 6.00. The number of carbonyl (C=O) groups is 3. The van der Waals surface area contributed by atoms with Crippen LogP contribution in [0.1, 0.15) is 58.5 Å². The van der Waals surface area contributed by atoms with Gasteiger partial charge in [0.25, 0.3) is 0 Å². The van der Waals surface area contributed by atoms with Crippen LogP contribution in [0.15, 0.2) is 42.5 Å². The summed E-state index contributed by atoms with van der Waals surface area (Å²) >= 11 is 0. The Morgan fingerprint density at radius 3 is 2.27 bits per heavy atom. The minimum Gasteiger partial charge on any atom is -0.493 e. The first-order chi connectivity index (χ1) is 14.1. The number of carboxylic acids is 1. The summed E-state index contributed by atoms with van der Waals surface area (Å²) in [5, 5.41) is 11.6. The number of Topliss-reactive ketones (excluding diaryl/α,β-unsaturated/α-hetero) is 1. The highest BCUT2D eigenvalue weighted by Gasteiger charge is 2.27. The molecular formula is C24H29NO5. The van der Waals surface area contributed by atoms with Gasteiger partial charge in [0.15, 0.2) is 5.78 Å². The number of hydrogen-bond donors (Lipinski definition) is 2. The smallest absolute Gasteiger partial charge is 0.335 e. The molecule has 6 nitrogen and oxygen atoms in total. The molecule has 0 aliphatic carbocycles. The molecule has 0 aromatic heterocycles. The Morgan fingerprint density at radius 1 is 1.00 bits per heavy atom. The van der Waals surface area contributed by atoms with Gasteiger partial charge in [-0.2, -0.15) is 0 Å². The second-order valence-corrected chi connectivity index (χ2v) is 8.09. The molecule has 0 bridgehead atoms. The maximum absolute atomic E-state index is 12.5. The van der Waals surface area contributed by atoms with Gasteiger partial charge >= 0.3 is 5.97 Å². The molecule has 2 N–H and O–H groups in total. The zero-order valence-electron chi connectivity index (χ0n) is 18.0. The number of aryl methyl sites for hydroxylation is 2. The number of benzene rings is 2. The standard InChI is InChI=1S/C24H29NO5/c1-16-6-7-17(2)21(14-16)30-13-5-12-24(3,4)23(29)25-15-20(26)18-8-10-19(11-9-18)22(27)28/h6-11,14H,5,12-13,15H2,1-4H3,(H,25,29)(H,27,28). The number of aromatic carboxylic acids is 1. The molecule has 0 saturated carbocycles. The molecule has 0 radical (unpaired) electrons. The molecule has 0 atom stereocenters. The molecule has 0 unspecified atom stereocenters. The van der Waals surface area contributed by atoms with Gasteiger partial charge in [-0.05, 0) is 56.0 Å². The van der Waals surface area contributed by atoms with Crippen LogP contribution in [0.5, 0.6) is 5.75 Å². The summed E-state index contributed by atoms with van der Waals surface area (Å²) in [5.41, 5.74) is 2.04. The van der Waals surface area contributed by atoms with Crippen LogP contribution in [0, 0.1) is 19.3 Å². The number of hydrogen-bond acceptors (Lipinski definition) is 4. The number of carbonyl (C=O) groups excluding carboxylic acids is 2. The van der Waals surface area contributed by atoms with Crippen molar-refractivity contribution in [3.05, 3.63) is 64.7 Å². The first-order valence-corrected chi connectivity index (χ1v) is 9.95. The average molecular weight is 411 g/mol. The van der Waals surface area contributed by atoms with E-state index in [1.54, 1.807) is 0 Å². The van der Waals surface area contributed by atoms with Crippen LogP contribution in [0.3, 0.4) is 0 Å². The summed E-state index contributed by atoms with van der Waals surface area (Å²) in [6.07, 6.45) is 1.32. The van der Waals surface area contributed by atoms with E-state index in [9.17, 15) is 14.4 Å². The van der Waals surface area contributed by atoms with Crippen molar-refractivity contribution in [3.63, 3.8) is 0 Å². The molecule has 2 rings (SSSR count). The largest absolute Gasteiger partial charge is 0.493 e. The monoisotopic (exact) mass is 411 g/mol. The molecule has 2 aromatic rings. The summed E-state index contributed by atoms with van der Waals surface area (Å²) in [7, 11) is 0. The Labute approximate surface area is 177 Å². The highest BCUT2D eigenvalue weighted by Crippen LogP contribution is 2.24. The summed E-state index contributed by atoms with van der Waals surface area (Å²) in [6, 6.07) is 11.7. The van der Waals surface area contributed by atoms with E-state index >= 15 is 0 Å². The molecule has 6 heteroatoms. The fourth-order valence-electron chi connectivity index (χ4n) is 2.97. The van der Waals surface area contributed by atoms with E-state index in [1.165, 1.54) is 24.3 Å². The number of amides is 1. The van der Waals surface area contributed by atoms with E-state index in [-0.39, 0.29) is 23.8 Å². The van der Waals surface area contributed by atoms with E-state index in [0.717, 1.165) is 16.9 Å². The van der Waals surface area contributed by atoms with Crippen molar-refractivity contribution in [2.24, 2.45) is 5.41 Å². The SMILES string of the molecule is Cc1ccc(C)c(OCCCC(C)(C)C(=O)NCC(=O)c2ccc(C(=O)O)cc2)c1. The summed E-state index contributed by atoms with van der Waals surface area (Å²) < 4.78 is 5.85. The highest BCUT2D eigenvalue weighted by atomic mass is 16.5. The van der Waals surface area contributed by atoms with Gasteiger partial charge in [-0.3, -0.25) is 9.59 Å². The normalized spacial score (nSPS) is 11.1. The van der Waals surface area contributed by atoms with Crippen molar-refractivity contribution in [2.45, 2.75) is 40.5 Å². The van der Waals surface area contributed by atoms with Gasteiger partial charge in [0.2, 0.25) is 5.91 Å². The molecule has 0 saturated heterocycles. The van der Waals surface area contributed by atoms with Gasteiger partial charge < -0.3 is 15.2 Å². The number of carboxylic acid groups (broad SMARTS) is 1. The fourth-order valence-corrected chi connectivity index (χ4v) is 2.97. The fraction of sp³-hybridized carbons (Fsp3) is 0.375. The second kappa shape index (κ2) is 10.1. The number of rotatable bonds is 10. The zero-order valence-corrected chi connectivity index (χ0v) is 18.0. The lowest BCUT2D eigenvalue weighted by Gasteiger charge is -2.23. The lowest BCUT2D eigenvalue weighted by Crippen LogP contribution is -2.39. The predicted molar refractivity (Wildman–Crippen MR) is 115 cm³/mol. The molecule has 1 amide bonds.